The lowest BCUT2D eigenvalue weighted by atomic mass is 10.00. The molecule has 2 aromatic rings. The van der Waals surface area contributed by atoms with E-state index in [1.165, 1.54) is 28.4 Å². The summed E-state index contributed by atoms with van der Waals surface area (Å²) in [5.41, 5.74) is 0.985. The molecule has 3 unspecified atom stereocenters. The summed E-state index contributed by atoms with van der Waals surface area (Å²) in [5.74, 6) is -1.36. The quantitative estimate of drug-likeness (QED) is 0.319. The summed E-state index contributed by atoms with van der Waals surface area (Å²) in [6.45, 7) is 3.72. The fraction of sp³-hybridized carbons (Fsp3) is 0.381. The van der Waals surface area contributed by atoms with Crippen molar-refractivity contribution in [3.63, 3.8) is 0 Å². The van der Waals surface area contributed by atoms with Crippen molar-refractivity contribution in [2.75, 3.05) is 5.75 Å². The molecule has 0 aliphatic carbocycles. The molecule has 4 atom stereocenters. The fourth-order valence-electron chi connectivity index (χ4n) is 3.81. The monoisotopic (exact) mass is 489 g/mol. The zero-order valence-electron chi connectivity index (χ0n) is 17.9. The van der Waals surface area contributed by atoms with E-state index in [1.807, 2.05) is 6.92 Å². The molecular weight excluding hydrogens is 466 g/mol. The van der Waals surface area contributed by atoms with Crippen LogP contribution in [0.15, 0.2) is 46.8 Å². The number of fused-ring (bicyclic) bond motifs is 1. The second-order valence-corrected chi connectivity index (χ2v) is 9.88. The van der Waals surface area contributed by atoms with E-state index in [9.17, 15) is 24.6 Å². The minimum absolute atomic E-state index is 0.0514. The van der Waals surface area contributed by atoms with Crippen molar-refractivity contribution in [1.29, 1.82) is 0 Å². The maximum atomic E-state index is 12.9. The van der Waals surface area contributed by atoms with E-state index < -0.39 is 35.3 Å². The van der Waals surface area contributed by atoms with Gasteiger partial charge in [0.25, 0.3) is 11.8 Å². The van der Waals surface area contributed by atoms with Gasteiger partial charge in [-0.3, -0.25) is 19.6 Å². The maximum absolute atomic E-state index is 12.9. The number of carbonyl (C=O) groups excluding carboxylic acids is 2. The van der Waals surface area contributed by atoms with E-state index in [0.29, 0.717) is 34.3 Å². The summed E-state index contributed by atoms with van der Waals surface area (Å²) in [5, 5.41) is 29.4. The number of hydrogen-bond acceptors (Lipinski definition) is 8. The van der Waals surface area contributed by atoms with Crippen LogP contribution in [0.1, 0.15) is 30.8 Å². The van der Waals surface area contributed by atoms with Gasteiger partial charge in [0.05, 0.1) is 0 Å². The van der Waals surface area contributed by atoms with Crippen molar-refractivity contribution in [2.45, 2.75) is 48.2 Å². The van der Waals surface area contributed by atoms with Crippen molar-refractivity contribution in [3.05, 3.63) is 53.0 Å². The minimum Gasteiger partial charge on any atom is -0.477 e. The molecule has 2 aliphatic rings. The Hall–Kier alpha value is -2.83. The Morgan fingerprint density at radius 2 is 2.09 bits per heavy atom. The van der Waals surface area contributed by atoms with Crippen LogP contribution in [0.3, 0.4) is 0 Å². The van der Waals surface area contributed by atoms with Gasteiger partial charge in [0.2, 0.25) is 5.16 Å². The Balaban J connectivity index is 1.52. The number of carboxylic acids is 1. The summed E-state index contributed by atoms with van der Waals surface area (Å²) >= 11 is 2.74. The van der Waals surface area contributed by atoms with E-state index in [-0.39, 0.29) is 10.9 Å². The molecule has 1 aromatic carbocycles. The van der Waals surface area contributed by atoms with Gasteiger partial charge in [-0.2, -0.15) is 0 Å². The molecule has 0 radical (unpaired) electrons. The number of aromatic nitrogens is 3. The molecule has 12 heteroatoms. The number of aryl methyl sites for hydroxylation is 1. The van der Waals surface area contributed by atoms with Crippen LogP contribution in [0.5, 0.6) is 0 Å². The van der Waals surface area contributed by atoms with Gasteiger partial charge in [0, 0.05) is 11.0 Å². The van der Waals surface area contributed by atoms with Crippen molar-refractivity contribution in [1.82, 2.24) is 25.4 Å². The molecule has 4 rings (SSSR count). The lowest BCUT2D eigenvalue weighted by Crippen LogP contribution is -2.71. The largest absolute Gasteiger partial charge is 0.477 e. The molecule has 1 aromatic heterocycles. The highest BCUT2D eigenvalue weighted by molar-refractivity contribution is 8.01. The third-order valence-electron chi connectivity index (χ3n) is 5.45. The van der Waals surface area contributed by atoms with Crippen molar-refractivity contribution >= 4 is 41.3 Å². The molecule has 174 valence electrons. The molecule has 10 nitrogen and oxygen atoms in total. The van der Waals surface area contributed by atoms with Crippen molar-refractivity contribution in [3.8, 4) is 0 Å². The first-order valence-corrected chi connectivity index (χ1v) is 12.2. The number of β-lactam (4-membered cyclic amide) rings is 1. The van der Waals surface area contributed by atoms with Crippen LogP contribution in [-0.2, 0) is 14.4 Å². The van der Waals surface area contributed by atoms with E-state index in [4.69, 9.17) is 0 Å². The van der Waals surface area contributed by atoms with Gasteiger partial charge in [-0.15, -0.1) is 16.9 Å². The topological polar surface area (TPSA) is 149 Å². The smallest absolute Gasteiger partial charge is 0.352 e. The molecule has 2 aliphatic heterocycles. The van der Waals surface area contributed by atoms with Gasteiger partial charge in [-0.05, 0) is 24.5 Å². The number of H-pyrrole nitrogens is 1. The molecule has 1 fully saturated rings. The Morgan fingerprint density at radius 3 is 2.70 bits per heavy atom. The normalized spacial score (nSPS) is 21.8. The SMILES string of the molecule is CCC(Sc1n[nH]c(C)n1)C1=C(C(=O)O)N2C(=O)C(NC(=O)C(O)c3ccccc3)[C@@H]2SC1. The number of carbonyl (C=O) groups is 3. The third kappa shape index (κ3) is 4.50. The molecule has 33 heavy (non-hydrogen) atoms. The minimum atomic E-state index is -1.42. The molecule has 2 amide bonds. The maximum Gasteiger partial charge on any atom is 0.352 e. The zero-order valence-corrected chi connectivity index (χ0v) is 19.5. The van der Waals surface area contributed by atoms with Crippen molar-refractivity contribution < 1.29 is 24.6 Å². The second-order valence-electron chi connectivity index (χ2n) is 7.61. The predicted octanol–water partition coefficient (Wildman–Crippen LogP) is 1.46. The molecule has 1 saturated heterocycles. The number of nitrogens with zero attached hydrogens (tertiary/aromatic N) is 3. The van der Waals surface area contributed by atoms with Crippen LogP contribution in [-0.4, -0.2) is 70.5 Å². The van der Waals surface area contributed by atoms with Gasteiger partial charge in [-0.1, -0.05) is 49.0 Å². The Kier molecular flexibility index (Phi) is 6.77. The van der Waals surface area contributed by atoms with E-state index >= 15 is 0 Å². The number of thioether (sulfide) groups is 2. The number of rotatable bonds is 8. The summed E-state index contributed by atoms with van der Waals surface area (Å²) in [6.07, 6.45) is -0.793. The average Bonchev–Trinajstić information content (AvgIpc) is 3.24. The highest BCUT2D eigenvalue weighted by atomic mass is 32.2. The van der Waals surface area contributed by atoms with Crippen LogP contribution in [0.4, 0.5) is 0 Å². The Bertz CT molecular complexity index is 1110. The molecule has 4 N–H and O–H groups in total. The third-order valence-corrected chi connectivity index (χ3v) is 8.04. The lowest BCUT2D eigenvalue weighted by Gasteiger charge is -2.50. The first kappa shape index (κ1) is 23.3. The number of benzene rings is 1. The van der Waals surface area contributed by atoms with Crippen LogP contribution in [0.2, 0.25) is 0 Å². The molecule has 0 bridgehead atoms. The zero-order chi connectivity index (χ0) is 23.7. The number of aliphatic carboxylic acids is 1. The first-order valence-electron chi connectivity index (χ1n) is 10.3. The number of carboxylic acid groups (broad SMARTS) is 1. The van der Waals surface area contributed by atoms with Gasteiger partial charge >= 0.3 is 5.97 Å². The van der Waals surface area contributed by atoms with E-state index in [2.05, 4.69) is 20.5 Å². The van der Waals surface area contributed by atoms with E-state index in [1.54, 1.807) is 37.3 Å². The van der Waals surface area contributed by atoms with Gasteiger partial charge in [-0.25, -0.2) is 9.78 Å². The number of nitrogens with one attached hydrogen (secondary N) is 2. The second kappa shape index (κ2) is 9.57. The highest BCUT2D eigenvalue weighted by Gasteiger charge is 2.55. The fourth-order valence-corrected chi connectivity index (χ4v) is 6.39. The van der Waals surface area contributed by atoms with Gasteiger partial charge in [0.15, 0.2) is 6.10 Å². The summed E-state index contributed by atoms with van der Waals surface area (Å²) in [6, 6.07) is 7.50. The lowest BCUT2D eigenvalue weighted by molar-refractivity contribution is -0.151. The Morgan fingerprint density at radius 1 is 1.36 bits per heavy atom. The summed E-state index contributed by atoms with van der Waals surface area (Å²) < 4.78 is 0. The predicted molar refractivity (Wildman–Crippen MR) is 122 cm³/mol. The van der Waals surface area contributed by atoms with Crippen LogP contribution in [0, 0.1) is 6.92 Å². The number of aromatic amines is 1. The van der Waals surface area contributed by atoms with Crippen LogP contribution in [0.25, 0.3) is 0 Å². The first-order chi connectivity index (χ1) is 15.8. The highest BCUT2D eigenvalue weighted by Crippen LogP contribution is 2.44. The summed E-state index contributed by atoms with van der Waals surface area (Å²) in [7, 11) is 0. The number of hydrogen-bond donors (Lipinski definition) is 4. The molecule has 3 heterocycles. The van der Waals surface area contributed by atoms with Crippen LogP contribution < -0.4 is 5.32 Å². The molecule has 0 spiro atoms. The standard InChI is InChI=1S/C21H23N5O5S2/c1-3-13(33-21-22-10(2)24-25-21)12-9-32-19-14(18(29)26(19)15(12)20(30)31)23-17(28)16(27)11-7-5-4-6-8-11/h4-8,13-14,16,19,27H,3,9H2,1-2H3,(H,23,28)(H,30,31)(H,22,24,25)/t13?,14?,16?,19-/m0/s1. The number of aliphatic hydroxyl groups excluding tert-OH is 1. The van der Waals surface area contributed by atoms with Crippen LogP contribution >= 0.6 is 23.5 Å². The number of aliphatic hydroxyl groups is 1. The summed E-state index contributed by atoms with van der Waals surface area (Å²) in [4.78, 5) is 43.1. The molecular formula is C21H23N5O5S2. The molecule has 0 saturated carbocycles. The Labute approximate surface area is 198 Å². The van der Waals surface area contributed by atoms with Crippen molar-refractivity contribution in [2.24, 2.45) is 0 Å². The number of amides is 2. The van der Waals surface area contributed by atoms with E-state index in [0.717, 1.165) is 0 Å². The van der Waals surface area contributed by atoms with Gasteiger partial charge in [0.1, 0.15) is 22.9 Å². The average molecular weight is 490 g/mol. The van der Waals surface area contributed by atoms with Gasteiger partial charge < -0.3 is 15.5 Å².